The number of carbonyl (C=O) groups is 1. The monoisotopic (exact) mass is 389 g/mol. The van der Waals surface area contributed by atoms with Crippen LogP contribution in [-0.2, 0) is 9.84 Å². The molecule has 1 unspecified atom stereocenters. The van der Waals surface area contributed by atoms with Gasteiger partial charge in [-0.05, 0) is 37.5 Å². The van der Waals surface area contributed by atoms with E-state index in [-0.39, 0.29) is 23.5 Å². The van der Waals surface area contributed by atoms with Crippen molar-refractivity contribution >= 4 is 15.7 Å². The number of amides is 1. The zero-order valence-corrected chi connectivity index (χ0v) is 16.3. The van der Waals surface area contributed by atoms with E-state index in [4.69, 9.17) is 4.74 Å². The fraction of sp³-hybridized carbons (Fsp3) is 0.474. The summed E-state index contributed by atoms with van der Waals surface area (Å²) in [5.74, 6) is 1.07. The minimum absolute atomic E-state index is 0.0291. The zero-order valence-electron chi connectivity index (χ0n) is 15.5. The predicted molar refractivity (Wildman–Crippen MR) is 101 cm³/mol. The highest BCUT2D eigenvalue weighted by atomic mass is 32.2. The van der Waals surface area contributed by atoms with Crippen LogP contribution < -0.4 is 4.74 Å². The van der Waals surface area contributed by atoms with Gasteiger partial charge in [-0.1, -0.05) is 6.07 Å². The lowest BCUT2D eigenvalue weighted by atomic mass is 10.2. The quantitative estimate of drug-likeness (QED) is 0.781. The molecule has 0 bridgehead atoms. The molecular formula is C19H23N3O4S. The second-order valence-electron chi connectivity index (χ2n) is 7.31. The largest absolute Gasteiger partial charge is 0.497 e. The van der Waals surface area contributed by atoms with Crippen LogP contribution in [-0.4, -0.2) is 60.7 Å². The Balaban J connectivity index is 1.65. The number of benzene rings is 1. The van der Waals surface area contributed by atoms with E-state index in [1.807, 2.05) is 35.0 Å². The van der Waals surface area contributed by atoms with Crippen LogP contribution in [0.2, 0.25) is 0 Å². The van der Waals surface area contributed by atoms with Crippen LogP contribution in [0.5, 0.6) is 5.75 Å². The molecule has 4 rings (SSSR count). The molecule has 1 amide bonds. The first-order chi connectivity index (χ1) is 12.9. The predicted octanol–water partition coefficient (Wildman–Crippen LogP) is 2.02. The molecule has 8 heteroatoms. The lowest BCUT2D eigenvalue weighted by Crippen LogP contribution is -2.38. The van der Waals surface area contributed by atoms with E-state index < -0.39 is 9.84 Å². The van der Waals surface area contributed by atoms with Crippen molar-refractivity contribution in [1.29, 1.82) is 0 Å². The molecule has 1 saturated heterocycles. The summed E-state index contributed by atoms with van der Waals surface area (Å²) in [5, 5.41) is 4.57. The maximum Gasteiger partial charge on any atom is 0.274 e. The summed E-state index contributed by atoms with van der Waals surface area (Å²) in [6.07, 6.45) is 2.65. The van der Waals surface area contributed by atoms with Crippen molar-refractivity contribution < 1.29 is 17.9 Å². The van der Waals surface area contributed by atoms with Gasteiger partial charge in [0.2, 0.25) is 0 Å². The maximum atomic E-state index is 12.9. The van der Waals surface area contributed by atoms with Gasteiger partial charge in [0.05, 0.1) is 24.3 Å². The molecule has 1 atom stereocenters. The lowest BCUT2D eigenvalue weighted by Gasteiger charge is -2.22. The summed E-state index contributed by atoms with van der Waals surface area (Å²) in [6, 6.07) is 9.14. The third-order valence-electron chi connectivity index (χ3n) is 5.33. The second-order valence-corrected chi connectivity index (χ2v) is 9.54. The Morgan fingerprint density at radius 2 is 2.04 bits per heavy atom. The van der Waals surface area contributed by atoms with Gasteiger partial charge < -0.3 is 9.64 Å². The Labute approximate surface area is 158 Å². The van der Waals surface area contributed by atoms with Gasteiger partial charge in [-0.3, -0.25) is 4.79 Å². The molecule has 1 saturated carbocycles. The highest BCUT2D eigenvalue weighted by molar-refractivity contribution is 7.91. The van der Waals surface area contributed by atoms with Crippen molar-refractivity contribution in [2.24, 2.45) is 0 Å². The fourth-order valence-electron chi connectivity index (χ4n) is 3.55. The van der Waals surface area contributed by atoms with Crippen molar-refractivity contribution in [1.82, 2.24) is 14.7 Å². The van der Waals surface area contributed by atoms with Crippen molar-refractivity contribution in [2.75, 3.05) is 25.7 Å². The molecule has 0 radical (unpaired) electrons. The number of rotatable bonds is 5. The number of hydrogen-bond donors (Lipinski definition) is 0. The van der Waals surface area contributed by atoms with Crippen LogP contribution in [0.25, 0.3) is 5.69 Å². The smallest absolute Gasteiger partial charge is 0.274 e. The summed E-state index contributed by atoms with van der Waals surface area (Å²) >= 11 is 0. The highest BCUT2D eigenvalue weighted by Crippen LogP contribution is 2.41. The summed E-state index contributed by atoms with van der Waals surface area (Å²) in [6.45, 7) is 0. The minimum Gasteiger partial charge on any atom is -0.497 e. The van der Waals surface area contributed by atoms with Crippen molar-refractivity contribution in [3.8, 4) is 11.4 Å². The molecule has 2 heterocycles. The number of aromatic nitrogens is 2. The third kappa shape index (κ3) is 3.58. The summed E-state index contributed by atoms with van der Waals surface area (Å²) < 4.78 is 30.6. The van der Waals surface area contributed by atoms with E-state index in [0.717, 1.165) is 30.0 Å². The van der Waals surface area contributed by atoms with E-state index in [1.165, 1.54) is 4.90 Å². The van der Waals surface area contributed by atoms with Crippen LogP contribution >= 0.6 is 0 Å². The number of hydrogen-bond acceptors (Lipinski definition) is 5. The van der Waals surface area contributed by atoms with Gasteiger partial charge in [-0.25, -0.2) is 13.1 Å². The maximum absolute atomic E-state index is 12.9. The number of nitrogens with zero attached hydrogens (tertiary/aromatic N) is 3. The first-order valence-corrected chi connectivity index (χ1v) is 10.9. The van der Waals surface area contributed by atoms with Crippen LogP contribution in [0, 0.1) is 0 Å². The van der Waals surface area contributed by atoms with E-state index in [2.05, 4.69) is 5.10 Å². The highest BCUT2D eigenvalue weighted by Gasteiger charge is 2.35. The molecule has 1 aliphatic carbocycles. The standard InChI is InChI=1S/C19H23N3O4S/c1-21(15-8-9-27(24,25)12-15)19(23)17-11-18(13-6-7-13)22(20-17)14-4-3-5-16(10-14)26-2/h3-5,10-11,13,15H,6-9,12H2,1-2H3. The van der Waals surface area contributed by atoms with Crippen LogP contribution in [0.3, 0.4) is 0 Å². The number of methoxy groups -OCH3 is 1. The Kier molecular flexibility index (Phi) is 4.46. The average Bonchev–Trinajstić information content (AvgIpc) is 3.31. The Morgan fingerprint density at radius 1 is 1.26 bits per heavy atom. The van der Waals surface area contributed by atoms with E-state index in [9.17, 15) is 13.2 Å². The molecule has 2 aliphatic rings. The molecule has 0 N–H and O–H groups in total. The molecule has 0 spiro atoms. The molecule has 27 heavy (non-hydrogen) atoms. The molecule has 1 aliphatic heterocycles. The first-order valence-electron chi connectivity index (χ1n) is 9.10. The van der Waals surface area contributed by atoms with E-state index in [1.54, 1.807) is 14.2 Å². The molecule has 1 aromatic carbocycles. The molecule has 144 valence electrons. The lowest BCUT2D eigenvalue weighted by molar-refractivity contribution is 0.0741. The van der Waals surface area contributed by atoms with Crippen molar-refractivity contribution in [3.05, 3.63) is 41.7 Å². The molecule has 2 aromatic rings. The Hall–Kier alpha value is -2.35. The van der Waals surface area contributed by atoms with Crippen LogP contribution in [0.1, 0.15) is 41.4 Å². The minimum atomic E-state index is -3.05. The summed E-state index contributed by atoms with van der Waals surface area (Å²) in [5.41, 5.74) is 2.21. The molecular weight excluding hydrogens is 366 g/mol. The third-order valence-corrected chi connectivity index (χ3v) is 7.08. The van der Waals surface area contributed by atoms with Crippen LogP contribution in [0.15, 0.2) is 30.3 Å². The normalized spacial score (nSPS) is 21.2. The first kappa shape index (κ1) is 18.0. The van der Waals surface area contributed by atoms with Gasteiger partial charge in [-0.15, -0.1) is 0 Å². The molecule has 1 aromatic heterocycles. The Bertz CT molecular complexity index is 979. The van der Waals surface area contributed by atoms with Gasteiger partial charge in [0.15, 0.2) is 15.5 Å². The second kappa shape index (κ2) is 6.67. The average molecular weight is 389 g/mol. The number of sulfone groups is 1. The van der Waals surface area contributed by atoms with Crippen molar-refractivity contribution in [2.45, 2.75) is 31.2 Å². The zero-order chi connectivity index (χ0) is 19.2. The SMILES string of the molecule is COc1cccc(-n2nc(C(=O)N(C)C3CCS(=O)(=O)C3)cc2C2CC2)c1. The summed E-state index contributed by atoms with van der Waals surface area (Å²) in [7, 11) is 0.230. The molecule has 2 fully saturated rings. The topological polar surface area (TPSA) is 81.5 Å². The van der Waals surface area contributed by atoms with Gasteiger partial charge in [0, 0.05) is 30.8 Å². The van der Waals surface area contributed by atoms with E-state index in [0.29, 0.717) is 18.0 Å². The summed E-state index contributed by atoms with van der Waals surface area (Å²) in [4.78, 5) is 14.5. The fourth-order valence-corrected chi connectivity index (χ4v) is 5.32. The van der Waals surface area contributed by atoms with Gasteiger partial charge >= 0.3 is 0 Å². The van der Waals surface area contributed by atoms with E-state index >= 15 is 0 Å². The molecule has 7 nitrogen and oxygen atoms in total. The Morgan fingerprint density at radius 3 is 2.67 bits per heavy atom. The van der Waals surface area contributed by atoms with Crippen LogP contribution in [0.4, 0.5) is 0 Å². The van der Waals surface area contributed by atoms with Gasteiger partial charge in [0.1, 0.15) is 5.75 Å². The van der Waals surface area contributed by atoms with Crippen molar-refractivity contribution in [3.63, 3.8) is 0 Å². The van der Waals surface area contributed by atoms with Gasteiger partial charge in [-0.2, -0.15) is 5.10 Å². The number of carbonyl (C=O) groups excluding carboxylic acids is 1. The van der Waals surface area contributed by atoms with Gasteiger partial charge in [0.25, 0.3) is 5.91 Å². The number of ether oxygens (including phenoxy) is 1.